The highest BCUT2D eigenvalue weighted by molar-refractivity contribution is 7.26. The number of nitriles is 1. The first kappa shape index (κ1) is 16.9. The van der Waals surface area contributed by atoms with Gasteiger partial charge in [0.25, 0.3) is 0 Å². The van der Waals surface area contributed by atoms with Crippen LogP contribution < -0.4 is 0 Å². The molecule has 3 unspecified atom stereocenters. The Morgan fingerprint density at radius 2 is 1.79 bits per heavy atom. The Hall–Kier alpha value is -0.200. The molecule has 0 aromatic heterocycles. The molecule has 19 heavy (non-hydrogen) atoms. The molecule has 4 nitrogen and oxygen atoms in total. The predicted octanol–water partition coefficient (Wildman–Crippen LogP) is 3.53. The molecule has 0 amide bonds. The van der Waals surface area contributed by atoms with E-state index < -0.39 is 0 Å². The molecule has 1 rings (SSSR count). The number of rotatable bonds is 7. The van der Waals surface area contributed by atoms with Gasteiger partial charge in [0.1, 0.15) is 0 Å². The summed E-state index contributed by atoms with van der Waals surface area (Å²) in [6.45, 7) is 10.0. The van der Waals surface area contributed by atoms with Crippen molar-refractivity contribution in [2.75, 3.05) is 13.2 Å². The minimum atomic E-state index is 0.00383. The highest BCUT2D eigenvalue weighted by atomic mass is 31.1. The Morgan fingerprint density at radius 1 is 1.11 bits per heavy atom. The zero-order chi connectivity index (χ0) is 14.3. The third-order valence-electron chi connectivity index (χ3n) is 4.26. The average molecular weight is 287 g/mol. The van der Waals surface area contributed by atoms with Crippen molar-refractivity contribution in [3.05, 3.63) is 0 Å². The number of ether oxygens (including phenoxy) is 1. The lowest BCUT2D eigenvalue weighted by molar-refractivity contribution is -0.144. The molecule has 0 N–H and O–H groups in total. The van der Waals surface area contributed by atoms with Gasteiger partial charge in [0.15, 0.2) is 9.03 Å². The third kappa shape index (κ3) is 5.00. The van der Waals surface area contributed by atoms with E-state index in [0.717, 1.165) is 6.42 Å². The Bertz CT molecular complexity index is 293. The standard InChI is InChI=1S/C14H26NO3P/c1-5-13-11(3)10(2)12(4)14(18-13)9-17-19-16-8-6-7-15/h10-14,19H,5-6,8-9H2,1-4H3/t10-,11?,12?,13+,14-/m0/s1. The van der Waals surface area contributed by atoms with Crippen molar-refractivity contribution in [3.8, 4) is 6.07 Å². The largest absolute Gasteiger partial charge is 0.372 e. The quantitative estimate of drug-likeness (QED) is 0.531. The normalized spacial score (nSPS) is 35.6. The van der Waals surface area contributed by atoms with Crippen LogP contribution in [0.4, 0.5) is 0 Å². The van der Waals surface area contributed by atoms with Gasteiger partial charge in [0, 0.05) is 0 Å². The summed E-state index contributed by atoms with van der Waals surface area (Å²) in [6.07, 6.45) is 1.96. The first-order valence-corrected chi connectivity index (χ1v) is 7.94. The van der Waals surface area contributed by atoms with E-state index in [1.165, 1.54) is 0 Å². The van der Waals surface area contributed by atoms with E-state index in [2.05, 4.69) is 27.7 Å². The molecule has 0 bridgehead atoms. The fraction of sp³-hybridized carbons (Fsp3) is 0.929. The van der Waals surface area contributed by atoms with Gasteiger partial charge in [0.05, 0.1) is 37.9 Å². The molecule has 1 saturated heterocycles. The lowest BCUT2D eigenvalue weighted by Crippen LogP contribution is -2.46. The lowest BCUT2D eigenvalue weighted by atomic mass is 9.76. The molecule has 0 spiro atoms. The van der Waals surface area contributed by atoms with Gasteiger partial charge in [0.2, 0.25) is 0 Å². The van der Waals surface area contributed by atoms with Crippen molar-refractivity contribution < 1.29 is 13.8 Å². The molecule has 110 valence electrons. The maximum absolute atomic E-state index is 8.38. The average Bonchev–Trinajstić information content (AvgIpc) is 2.42. The lowest BCUT2D eigenvalue weighted by Gasteiger charge is -2.43. The summed E-state index contributed by atoms with van der Waals surface area (Å²) in [5.74, 6) is 1.75. The molecule has 1 heterocycles. The van der Waals surface area contributed by atoms with Gasteiger partial charge in [-0.2, -0.15) is 5.26 Å². The zero-order valence-electron chi connectivity index (χ0n) is 12.4. The summed E-state index contributed by atoms with van der Waals surface area (Å²) in [6, 6.07) is 2.04. The van der Waals surface area contributed by atoms with Crippen molar-refractivity contribution in [2.24, 2.45) is 17.8 Å². The van der Waals surface area contributed by atoms with Crippen LogP contribution in [0.25, 0.3) is 0 Å². The topological polar surface area (TPSA) is 51.5 Å². The summed E-state index contributed by atoms with van der Waals surface area (Å²) in [4.78, 5) is 0. The van der Waals surface area contributed by atoms with Crippen molar-refractivity contribution >= 4 is 9.03 Å². The first-order chi connectivity index (χ1) is 9.11. The van der Waals surface area contributed by atoms with Crippen LogP contribution in [-0.4, -0.2) is 25.4 Å². The predicted molar refractivity (Wildman–Crippen MR) is 76.9 cm³/mol. The van der Waals surface area contributed by atoms with Crippen molar-refractivity contribution in [1.29, 1.82) is 5.26 Å². The summed E-state index contributed by atoms with van der Waals surface area (Å²) >= 11 is 0. The minimum absolute atomic E-state index is 0.00383. The van der Waals surface area contributed by atoms with Gasteiger partial charge in [-0.25, -0.2) is 0 Å². The van der Waals surface area contributed by atoms with E-state index in [1.54, 1.807) is 0 Å². The fourth-order valence-corrected chi connectivity index (χ4v) is 3.08. The van der Waals surface area contributed by atoms with Crippen LogP contribution in [0.3, 0.4) is 0 Å². The van der Waals surface area contributed by atoms with Crippen LogP contribution in [0.5, 0.6) is 0 Å². The Balaban J connectivity index is 2.30. The molecule has 0 aromatic carbocycles. The maximum atomic E-state index is 8.38. The summed E-state index contributed by atoms with van der Waals surface area (Å²) in [7, 11) is 0.00383. The second kappa shape index (κ2) is 8.87. The van der Waals surface area contributed by atoms with Crippen molar-refractivity contribution in [2.45, 2.75) is 52.7 Å². The molecule has 0 aromatic rings. The van der Waals surface area contributed by atoms with Gasteiger partial charge >= 0.3 is 0 Å². The second-order valence-corrected chi connectivity index (χ2v) is 6.09. The number of nitrogens with zero attached hydrogens (tertiary/aromatic N) is 1. The first-order valence-electron chi connectivity index (χ1n) is 7.12. The Labute approximate surface area is 118 Å². The number of hydrogen-bond donors (Lipinski definition) is 0. The molecule has 0 aliphatic carbocycles. The summed E-state index contributed by atoms with van der Waals surface area (Å²) in [5.41, 5.74) is 0. The molecule has 0 radical (unpaired) electrons. The Kier molecular flexibility index (Phi) is 7.87. The van der Waals surface area contributed by atoms with E-state index in [1.807, 2.05) is 6.07 Å². The highest BCUT2D eigenvalue weighted by Crippen LogP contribution is 2.36. The fourth-order valence-electron chi connectivity index (χ4n) is 2.58. The summed E-state index contributed by atoms with van der Waals surface area (Å²) in [5, 5.41) is 8.38. The molecule has 1 fully saturated rings. The molecule has 6 atom stereocenters. The van der Waals surface area contributed by atoms with Crippen LogP contribution in [0.15, 0.2) is 0 Å². The molecule has 1 aliphatic rings. The van der Waals surface area contributed by atoms with Gasteiger partial charge < -0.3 is 13.8 Å². The monoisotopic (exact) mass is 287 g/mol. The van der Waals surface area contributed by atoms with Gasteiger partial charge in [-0.1, -0.05) is 27.7 Å². The van der Waals surface area contributed by atoms with Crippen LogP contribution in [0, 0.1) is 29.1 Å². The smallest absolute Gasteiger partial charge is 0.155 e. The zero-order valence-corrected chi connectivity index (χ0v) is 13.4. The van der Waals surface area contributed by atoms with Gasteiger partial charge in [-0.15, -0.1) is 0 Å². The van der Waals surface area contributed by atoms with Crippen LogP contribution in [-0.2, 0) is 13.8 Å². The van der Waals surface area contributed by atoms with E-state index in [-0.39, 0.29) is 15.1 Å². The van der Waals surface area contributed by atoms with E-state index in [4.69, 9.17) is 19.0 Å². The van der Waals surface area contributed by atoms with Gasteiger partial charge in [-0.3, -0.25) is 0 Å². The minimum Gasteiger partial charge on any atom is -0.372 e. The van der Waals surface area contributed by atoms with Crippen molar-refractivity contribution in [3.63, 3.8) is 0 Å². The highest BCUT2D eigenvalue weighted by Gasteiger charge is 2.38. The van der Waals surface area contributed by atoms with E-state index >= 15 is 0 Å². The summed E-state index contributed by atoms with van der Waals surface area (Å²) < 4.78 is 16.9. The van der Waals surface area contributed by atoms with Crippen molar-refractivity contribution in [1.82, 2.24) is 0 Å². The molecular formula is C14H26NO3P. The van der Waals surface area contributed by atoms with Crippen LogP contribution >= 0.6 is 9.03 Å². The van der Waals surface area contributed by atoms with Gasteiger partial charge in [-0.05, 0) is 24.2 Å². The number of hydrogen-bond acceptors (Lipinski definition) is 4. The van der Waals surface area contributed by atoms with Crippen LogP contribution in [0.1, 0.15) is 40.5 Å². The SMILES string of the molecule is CC[C@H]1O[C@@H](COPOCCC#N)C(C)[C@@H](C)C1C. The Morgan fingerprint density at radius 3 is 2.42 bits per heavy atom. The third-order valence-corrected chi connectivity index (χ3v) is 4.87. The maximum Gasteiger partial charge on any atom is 0.155 e. The van der Waals surface area contributed by atoms with Crippen LogP contribution in [0.2, 0.25) is 0 Å². The molecule has 5 heteroatoms. The second-order valence-electron chi connectivity index (χ2n) is 5.35. The van der Waals surface area contributed by atoms with E-state index in [0.29, 0.717) is 43.5 Å². The molecular weight excluding hydrogens is 261 g/mol. The van der Waals surface area contributed by atoms with E-state index in [9.17, 15) is 0 Å². The molecule has 1 aliphatic heterocycles. The molecule has 0 saturated carbocycles.